The molecule has 2 N–H and O–H groups in total. The molecule has 3 rings (SSSR count). The Labute approximate surface area is 203 Å². The van der Waals surface area contributed by atoms with Gasteiger partial charge < -0.3 is 20.3 Å². The van der Waals surface area contributed by atoms with E-state index < -0.39 is 0 Å². The van der Waals surface area contributed by atoms with Crippen molar-refractivity contribution >= 4 is 35.6 Å². The van der Waals surface area contributed by atoms with Crippen LogP contribution in [0.25, 0.3) is 0 Å². The summed E-state index contributed by atoms with van der Waals surface area (Å²) in [5.41, 5.74) is 1.10. The van der Waals surface area contributed by atoms with Gasteiger partial charge in [-0.15, -0.1) is 24.0 Å². The van der Waals surface area contributed by atoms with E-state index in [1.54, 1.807) is 0 Å². The van der Waals surface area contributed by atoms with Crippen molar-refractivity contribution < 1.29 is 9.13 Å². The van der Waals surface area contributed by atoms with Gasteiger partial charge in [-0.05, 0) is 38.1 Å². The fourth-order valence-electron chi connectivity index (χ4n) is 3.91. The highest BCUT2D eigenvalue weighted by atomic mass is 127. The van der Waals surface area contributed by atoms with Gasteiger partial charge in [0.25, 0.3) is 0 Å². The lowest BCUT2D eigenvalue weighted by Crippen LogP contribution is -2.49. The minimum atomic E-state index is -0.180. The van der Waals surface area contributed by atoms with Crippen molar-refractivity contribution in [1.29, 1.82) is 0 Å². The van der Waals surface area contributed by atoms with E-state index in [2.05, 4.69) is 39.2 Å². The van der Waals surface area contributed by atoms with E-state index in [1.165, 1.54) is 12.1 Å². The van der Waals surface area contributed by atoms with Crippen LogP contribution in [0, 0.1) is 5.82 Å². The molecule has 1 atom stereocenters. The second-order valence-electron chi connectivity index (χ2n) is 7.95. The van der Waals surface area contributed by atoms with Crippen LogP contribution in [0.4, 0.5) is 10.1 Å². The number of hydrogen-bond donors (Lipinski definition) is 2. The van der Waals surface area contributed by atoms with Crippen LogP contribution in [0.15, 0.2) is 29.3 Å². The monoisotopic (exact) mass is 548 g/mol. The molecule has 1 aromatic carbocycles. The summed E-state index contributed by atoms with van der Waals surface area (Å²) < 4.78 is 18.5. The number of halogens is 2. The molecule has 2 aliphatic heterocycles. The average molecular weight is 548 g/mol. The number of nitrogens with zero attached hydrogens (tertiary/aromatic N) is 4. The molecule has 2 aliphatic rings. The molecule has 0 spiro atoms. The molecular weight excluding hydrogens is 510 g/mol. The van der Waals surface area contributed by atoms with Gasteiger partial charge in [0.05, 0.1) is 19.8 Å². The Morgan fingerprint density at radius 3 is 2.39 bits per heavy atom. The first-order chi connectivity index (χ1) is 14.7. The van der Waals surface area contributed by atoms with Crippen LogP contribution in [-0.2, 0) is 4.74 Å². The highest BCUT2D eigenvalue weighted by Crippen LogP contribution is 2.16. The summed E-state index contributed by atoms with van der Waals surface area (Å²) in [4.78, 5) is 12.0. The van der Waals surface area contributed by atoms with Crippen LogP contribution in [0.1, 0.15) is 13.8 Å². The van der Waals surface area contributed by atoms with Gasteiger partial charge in [0, 0.05) is 70.6 Å². The van der Waals surface area contributed by atoms with Gasteiger partial charge in [-0.25, -0.2) is 4.39 Å². The maximum atomic E-state index is 13.1. The molecular formula is C22H38FIN6O. The van der Waals surface area contributed by atoms with E-state index in [-0.39, 0.29) is 29.8 Å². The fraction of sp³-hybridized carbons (Fsp3) is 0.682. The molecule has 2 saturated heterocycles. The molecule has 0 aliphatic carbocycles. The zero-order valence-electron chi connectivity index (χ0n) is 18.9. The third-order valence-electron chi connectivity index (χ3n) is 5.81. The Kier molecular flexibility index (Phi) is 11.8. The quantitative estimate of drug-likeness (QED) is 0.294. The van der Waals surface area contributed by atoms with E-state index in [4.69, 9.17) is 9.73 Å². The van der Waals surface area contributed by atoms with Gasteiger partial charge in [0.2, 0.25) is 0 Å². The van der Waals surface area contributed by atoms with Crippen molar-refractivity contribution in [2.75, 3.05) is 83.6 Å². The average Bonchev–Trinajstić information content (AvgIpc) is 2.79. The summed E-state index contributed by atoms with van der Waals surface area (Å²) >= 11 is 0. The van der Waals surface area contributed by atoms with E-state index >= 15 is 0 Å². The van der Waals surface area contributed by atoms with Gasteiger partial charge in [-0.1, -0.05) is 0 Å². The van der Waals surface area contributed by atoms with Crippen molar-refractivity contribution in [3.05, 3.63) is 30.1 Å². The van der Waals surface area contributed by atoms with Gasteiger partial charge >= 0.3 is 0 Å². The van der Waals surface area contributed by atoms with E-state index in [1.807, 2.05) is 12.1 Å². The van der Waals surface area contributed by atoms with Gasteiger partial charge in [-0.2, -0.15) is 0 Å². The summed E-state index contributed by atoms with van der Waals surface area (Å²) in [7, 11) is 0. The number of piperazine rings is 1. The Hall–Kier alpha value is -1.17. The highest BCUT2D eigenvalue weighted by molar-refractivity contribution is 14.0. The van der Waals surface area contributed by atoms with E-state index in [9.17, 15) is 4.39 Å². The number of anilines is 1. The first-order valence-electron chi connectivity index (χ1n) is 11.2. The van der Waals surface area contributed by atoms with E-state index in [0.717, 1.165) is 90.3 Å². The second-order valence-corrected chi connectivity index (χ2v) is 7.95. The Morgan fingerprint density at radius 2 is 1.74 bits per heavy atom. The summed E-state index contributed by atoms with van der Waals surface area (Å²) in [6, 6.07) is 7.22. The zero-order chi connectivity index (χ0) is 21.2. The molecule has 0 amide bonds. The minimum Gasteiger partial charge on any atom is -0.379 e. The summed E-state index contributed by atoms with van der Waals surface area (Å²) in [6.45, 7) is 15.4. The lowest BCUT2D eigenvalue weighted by atomic mass is 10.2. The second kappa shape index (κ2) is 14.1. The van der Waals surface area contributed by atoms with Crippen molar-refractivity contribution in [1.82, 2.24) is 20.4 Å². The molecule has 7 nitrogen and oxygen atoms in total. The first kappa shape index (κ1) is 26.1. The number of nitrogens with one attached hydrogen (secondary N) is 2. The number of benzene rings is 1. The van der Waals surface area contributed by atoms with Crippen LogP contribution in [0.5, 0.6) is 0 Å². The Balaban J connectivity index is 0.00000341. The first-order valence-corrected chi connectivity index (χ1v) is 11.2. The summed E-state index contributed by atoms with van der Waals surface area (Å²) in [5.74, 6) is 0.712. The number of aliphatic imine (C=N–C) groups is 1. The number of rotatable bonds is 8. The van der Waals surface area contributed by atoms with Gasteiger partial charge in [0.1, 0.15) is 5.82 Å². The molecule has 31 heavy (non-hydrogen) atoms. The molecule has 0 saturated carbocycles. The maximum Gasteiger partial charge on any atom is 0.191 e. The fourth-order valence-corrected chi connectivity index (χ4v) is 3.91. The molecule has 176 valence electrons. The number of ether oxygens (including phenoxy) is 1. The summed E-state index contributed by atoms with van der Waals surface area (Å²) in [5, 5.41) is 6.82. The molecule has 2 fully saturated rings. The van der Waals surface area contributed by atoms with Crippen molar-refractivity contribution in [2.45, 2.75) is 19.9 Å². The molecule has 2 heterocycles. The number of hydrogen-bond acceptors (Lipinski definition) is 5. The van der Waals surface area contributed by atoms with Crippen LogP contribution in [0.3, 0.4) is 0 Å². The van der Waals surface area contributed by atoms with Crippen LogP contribution >= 0.6 is 24.0 Å². The van der Waals surface area contributed by atoms with Crippen LogP contribution in [0.2, 0.25) is 0 Å². The largest absolute Gasteiger partial charge is 0.379 e. The van der Waals surface area contributed by atoms with Crippen LogP contribution in [-0.4, -0.2) is 100 Å². The van der Waals surface area contributed by atoms with Crippen molar-refractivity contribution in [3.8, 4) is 0 Å². The molecule has 0 aromatic heterocycles. The minimum absolute atomic E-state index is 0. The lowest BCUT2D eigenvalue weighted by Gasteiger charge is -2.36. The van der Waals surface area contributed by atoms with Gasteiger partial charge in [0.15, 0.2) is 5.96 Å². The third kappa shape index (κ3) is 8.70. The van der Waals surface area contributed by atoms with Crippen molar-refractivity contribution in [3.63, 3.8) is 0 Å². The zero-order valence-corrected chi connectivity index (χ0v) is 21.2. The normalized spacial score (nSPS) is 19.6. The molecule has 1 unspecified atom stereocenters. The van der Waals surface area contributed by atoms with Crippen molar-refractivity contribution in [2.24, 2.45) is 4.99 Å². The SMILES string of the molecule is CCNC(=NCC(C)N1CCOCC1)NCCN1CCN(c2ccc(F)cc2)CC1.I. The Bertz CT molecular complexity index is 648. The smallest absolute Gasteiger partial charge is 0.191 e. The predicted molar refractivity (Wildman–Crippen MR) is 136 cm³/mol. The predicted octanol–water partition coefficient (Wildman–Crippen LogP) is 1.84. The third-order valence-corrected chi connectivity index (χ3v) is 5.81. The van der Waals surface area contributed by atoms with E-state index in [0.29, 0.717) is 6.04 Å². The standard InChI is InChI=1S/C22H37FN6O.HI/c1-3-24-22(26-18-19(2)28-14-16-30-17-15-28)25-8-9-27-10-12-29(13-11-27)21-6-4-20(23)5-7-21;/h4-7,19H,3,8-18H2,1-2H3,(H2,24,25,26);1H. The van der Waals surface area contributed by atoms with Crippen LogP contribution < -0.4 is 15.5 Å². The van der Waals surface area contributed by atoms with Gasteiger partial charge in [-0.3, -0.25) is 14.8 Å². The summed E-state index contributed by atoms with van der Waals surface area (Å²) in [6.07, 6.45) is 0. The Morgan fingerprint density at radius 1 is 1.06 bits per heavy atom. The highest BCUT2D eigenvalue weighted by Gasteiger charge is 2.18. The molecule has 1 aromatic rings. The molecule has 0 bridgehead atoms. The number of guanidine groups is 1. The lowest BCUT2D eigenvalue weighted by molar-refractivity contribution is 0.0220. The maximum absolute atomic E-state index is 13.1. The molecule has 0 radical (unpaired) electrons. The topological polar surface area (TPSA) is 55.4 Å². The molecule has 9 heteroatoms. The number of morpholine rings is 1.